The van der Waals surface area contributed by atoms with Crippen LogP contribution in [-0.4, -0.2) is 24.2 Å². The summed E-state index contributed by atoms with van der Waals surface area (Å²) in [5.74, 6) is 4.72. The summed E-state index contributed by atoms with van der Waals surface area (Å²) in [6.07, 6.45) is 1.05. The number of rotatable bonds is 3. The van der Waals surface area contributed by atoms with Crippen molar-refractivity contribution in [1.82, 2.24) is 5.32 Å². The van der Waals surface area contributed by atoms with Crippen molar-refractivity contribution < 1.29 is 9.53 Å². The van der Waals surface area contributed by atoms with Crippen LogP contribution in [0, 0.1) is 11.8 Å². The monoisotopic (exact) mass is 211 g/mol. The second kappa shape index (κ2) is 6.47. The fourth-order valence-corrected chi connectivity index (χ4v) is 0.790. The first-order chi connectivity index (χ1) is 6.85. The summed E-state index contributed by atoms with van der Waals surface area (Å²) >= 11 is 0. The van der Waals surface area contributed by atoms with E-state index in [2.05, 4.69) is 31.0 Å². The maximum absolute atomic E-state index is 11.1. The highest BCUT2D eigenvalue weighted by atomic mass is 16.6. The van der Waals surface area contributed by atoms with Crippen LogP contribution in [0.3, 0.4) is 0 Å². The van der Waals surface area contributed by atoms with Crippen molar-refractivity contribution in [2.75, 3.05) is 6.54 Å². The van der Waals surface area contributed by atoms with Crippen LogP contribution in [-0.2, 0) is 9.53 Å². The van der Waals surface area contributed by atoms with Gasteiger partial charge in [0.15, 0.2) is 0 Å². The molecule has 0 aliphatic carbocycles. The van der Waals surface area contributed by atoms with Gasteiger partial charge in [0, 0.05) is 12.0 Å². The van der Waals surface area contributed by atoms with Crippen LogP contribution < -0.4 is 5.32 Å². The Morgan fingerprint density at radius 1 is 1.47 bits per heavy atom. The van der Waals surface area contributed by atoms with Crippen molar-refractivity contribution in [2.24, 2.45) is 0 Å². The van der Waals surface area contributed by atoms with Gasteiger partial charge >= 0.3 is 5.97 Å². The van der Waals surface area contributed by atoms with Gasteiger partial charge in [-0.2, -0.15) is 0 Å². The summed E-state index contributed by atoms with van der Waals surface area (Å²) in [6, 6.07) is 0.429. The quantitative estimate of drug-likeness (QED) is 0.439. The van der Waals surface area contributed by atoms with Crippen LogP contribution in [0.1, 0.15) is 41.0 Å². The summed E-state index contributed by atoms with van der Waals surface area (Å²) < 4.78 is 5.03. The zero-order chi connectivity index (χ0) is 11.9. The maximum atomic E-state index is 11.1. The lowest BCUT2D eigenvalue weighted by Gasteiger charge is -2.16. The number of esters is 1. The molecule has 86 valence electrons. The van der Waals surface area contributed by atoms with E-state index in [1.807, 2.05) is 20.8 Å². The van der Waals surface area contributed by atoms with Crippen molar-refractivity contribution in [2.45, 2.75) is 52.7 Å². The van der Waals surface area contributed by atoms with Crippen molar-refractivity contribution in [3.05, 3.63) is 0 Å². The van der Waals surface area contributed by atoms with E-state index >= 15 is 0 Å². The molecule has 0 aliphatic heterocycles. The Balaban J connectivity index is 3.83. The Morgan fingerprint density at radius 3 is 2.53 bits per heavy atom. The molecule has 1 atom stereocenters. The fourth-order valence-electron chi connectivity index (χ4n) is 0.790. The Kier molecular flexibility index (Phi) is 6.03. The fraction of sp³-hybridized carbons (Fsp3) is 0.750. The number of hydrogen-bond acceptors (Lipinski definition) is 3. The molecule has 3 nitrogen and oxygen atoms in total. The zero-order valence-electron chi connectivity index (χ0n) is 10.3. The van der Waals surface area contributed by atoms with Crippen LogP contribution in [0.2, 0.25) is 0 Å². The molecule has 0 rings (SSSR count). The van der Waals surface area contributed by atoms with E-state index in [1.54, 1.807) is 0 Å². The van der Waals surface area contributed by atoms with Gasteiger partial charge in [0.1, 0.15) is 5.60 Å². The van der Waals surface area contributed by atoms with Gasteiger partial charge in [-0.1, -0.05) is 12.8 Å². The van der Waals surface area contributed by atoms with E-state index in [4.69, 9.17) is 4.74 Å². The Morgan fingerprint density at radius 2 is 2.07 bits per heavy atom. The number of hydrogen-bond donors (Lipinski definition) is 1. The summed E-state index contributed by atoms with van der Waals surface area (Å²) in [4.78, 5) is 11.1. The smallest absolute Gasteiger partial charge is 0.384 e. The molecule has 0 heterocycles. The molecule has 0 aliphatic rings. The Bertz CT molecular complexity index is 255. The molecule has 0 spiro atoms. The second-order valence-electron chi connectivity index (χ2n) is 4.49. The van der Waals surface area contributed by atoms with Crippen LogP contribution in [0.25, 0.3) is 0 Å². The van der Waals surface area contributed by atoms with Gasteiger partial charge in [0.25, 0.3) is 0 Å². The second-order valence-corrected chi connectivity index (χ2v) is 4.49. The van der Waals surface area contributed by atoms with Crippen molar-refractivity contribution >= 4 is 5.97 Å². The van der Waals surface area contributed by atoms with E-state index in [9.17, 15) is 4.79 Å². The third-order valence-electron chi connectivity index (χ3n) is 1.74. The molecular weight excluding hydrogens is 190 g/mol. The molecule has 0 amide bonds. The summed E-state index contributed by atoms with van der Waals surface area (Å²) in [7, 11) is 0. The molecular formula is C12H21NO2. The van der Waals surface area contributed by atoms with Crippen LogP contribution >= 0.6 is 0 Å². The molecule has 1 N–H and O–H groups in total. The number of carbonyl (C=O) groups excluding carboxylic acids is 1. The average Bonchev–Trinajstić information content (AvgIpc) is 2.09. The molecule has 0 aromatic rings. The molecule has 15 heavy (non-hydrogen) atoms. The van der Waals surface area contributed by atoms with Gasteiger partial charge in [-0.25, -0.2) is 4.79 Å². The number of nitrogens with one attached hydrogen (secondary N) is 1. The molecule has 0 saturated carbocycles. The largest absolute Gasteiger partial charge is 0.450 e. The third-order valence-corrected chi connectivity index (χ3v) is 1.74. The molecule has 0 aromatic carbocycles. The topological polar surface area (TPSA) is 38.3 Å². The van der Waals surface area contributed by atoms with E-state index < -0.39 is 11.6 Å². The van der Waals surface area contributed by atoms with Crippen LogP contribution in [0.4, 0.5) is 0 Å². The van der Waals surface area contributed by atoms with E-state index in [0.717, 1.165) is 6.42 Å². The van der Waals surface area contributed by atoms with Crippen molar-refractivity contribution in [3.63, 3.8) is 0 Å². The lowest BCUT2D eigenvalue weighted by atomic mass is 10.2. The predicted octanol–water partition coefficient (Wildman–Crippen LogP) is 1.72. The maximum Gasteiger partial charge on any atom is 0.384 e. The van der Waals surface area contributed by atoms with Crippen LogP contribution in [0.5, 0.6) is 0 Å². The minimum absolute atomic E-state index is 0.429. The SMILES string of the molecule is CCC(C)NCC#CC(=O)OC(C)(C)C. The highest BCUT2D eigenvalue weighted by Crippen LogP contribution is 2.05. The average molecular weight is 211 g/mol. The number of ether oxygens (including phenoxy) is 1. The first-order valence-corrected chi connectivity index (χ1v) is 5.30. The molecule has 0 saturated heterocycles. The normalized spacial score (nSPS) is 12.6. The third kappa shape index (κ3) is 9.30. The van der Waals surface area contributed by atoms with Gasteiger partial charge in [-0.15, -0.1) is 0 Å². The molecule has 0 aromatic heterocycles. The highest BCUT2D eigenvalue weighted by molar-refractivity contribution is 5.88. The van der Waals surface area contributed by atoms with Gasteiger partial charge in [-0.3, -0.25) is 0 Å². The highest BCUT2D eigenvalue weighted by Gasteiger charge is 2.13. The molecule has 0 fully saturated rings. The van der Waals surface area contributed by atoms with Crippen molar-refractivity contribution in [1.29, 1.82) is 0 Å². The van der Waals surface area contributed by atoms with Crippen molar-refractivity contribution in [3.8, 4) is 11.8 Å². The zero-order valence-corrected chi connectivity index (χ0v) is 10.3. The molecule has 0 bridgehead atoms. The first kappa shape index (κ1) is 14.0. The minimum Gasteiger partial charge on any atom is -0.450 e. The lowest BCUT2D eigenvalue weighted by molar-refractivity contribution is -0.147. The van der Waals surface area contributed by atoms with Gasteiger partial charge in [-0.05, 0) is 34.1 Å². The summed E-state index contributed by atoms with van der Waals surface area (Å²) in [5.41, 5.74) is -0.462. The Hall–Kier alpha value is -1.01. The molecule has 0 radical (unpaired) electrons. The van der Waals surface area contributed by atoms with E-state index in [1.165, 1.54) is 0 Å². The van der Waals surface area contributed by atoms with Crippen LogP contribution in [0.15, 0.2) is 0 Å². The van der Waals surface area contributed by atoms with Gasteiger partial charge in [0.2, 0.25) is 0 Å². The number of carbonyl (C=O) groups is 1. The summed E-state index contributed by atoms with van der Waals surface area (Å²) in [6.45, 7) is 10.2. The van der Waals surface area contributed by atoms with E-state index in [0.29, 0.717) is 12.6 Å². The Labute approximate surface area is 92.6 Å². The first-order valence-electron chi connectivity index (χ1n) is 5.30. The standard InChI is InChI=1S/C12H21NO2/c1-6-10(2)13-9-7-8-11(14)15-12(3,4)5/h10,13H,6,9H2,1-5H3. The summed E-state index contributed by atoms with van der Waals surface area (Å²) in [5, 5.41) is 3.17. The van der Waals surface area contributed by atoms with E-state index in [-0.39, 0.29) is 0 Å². The van der Waals surface area contributed by atoms with Gasteiger partial charge < -0.3 is 10.1 Å². The van der Waals surface area contributed by atoms with Gasteiger partial charge in [0.05, 0.1) is 6.54 Å². The molecule has 3 heteroatoms. The minimum atomic E-state index is -0.464. The molecule has 1 unspecified atom stereocenters. The predicted molar refractivity (Wildman–Crippen MR) is 61.4 cm³/mol. The lowest BCUT2D eigenvalue weighted by Crippen LogP contribution is -2.26.